The van der Waals surface area contributed by atoms with Crippen molar-refractivity contribution in [1.29, 1.82) is 0 Å². The van der Waals surface area contributed by atoms with Gasteiger partial charge in [-0.1, -0.05) is 84.8 Å². The Bertz CT molecular complexity index is 844. The van der Waals surface area contributed by atoms with Gasteiger partial charge < -0.3 is 34.0 Å². The Morgan fingerprint density at radius 2 is 1.53 bits per heavy atom. The van der Waals surface area contributed by atoms with Crippen LogP contribution in [0.1, 0.15) is 95.8 Å². The van der Waals surface area contributed by atoms with Crippen molar-refractivity contribution in [2.24, 2.45) is 7.05 Å². The van der Waals surface area contributed by atoms with Crippen molar-refractivity contribution in [2.75, 3.05) is 6.61 Å². The summed E-state index contributed by atoms with van der Waals surface area (Å²) in [5, 5.41) is 3.03. The summed E-state index contributed by atoms with van der Waals surface area (Å²) in [4.78, 5) is 12.5. The van der Waals surface area contributed by atoms with E-state index in [4.69, 9.17) is 4.74 Å². The van der Waals surface area contributed by atoms with Crippen LogP contribution in [-0.4, -0.2) is 12.5 Å². The minimum absolute atomic E-state index is 0. The van der Waals surface area contributed by atoms with Gasteiger partial charge in [-0.05, 0) is 34.6 Å². The molecule has 0 radical (unpaired) electrons. The number of nitrogens with one attached hydrogen (secondary N) is 1. The molecule has 0 aliphatic rings. The van der Waals surface area contributed by atoms with E-state index in [-0.39, 0.29) is 35.3 Å². The Morgan fingerprint density at radius 3 is 2.15 bits per heavy atom. The second-order valence-corrected chi connectivity index (χ2v) is 10.2. The van der Waals surface area contributed by atoms with Crippen LogP contribution in [0.2, 0.25) is 0 Å². The van der Waals surface area contributed by atoms with Crippen LogP contribution in [0.3, 0.4) is 0 Å². The Hall–Kier alpha value is -1.63. The number of ether oxygens (including phenoxy) is 1. The molecule has 2 aromatic rings. The van der Waals surface area contributed by atoms with E-state index >= 15 is 0 Å². The molecule has 0 saturated heterocycles. The predicted molar refractivity (Wildman–Crippen MR) is 136 cm³/mol. The van der Waals surface area contributed by atoms with Gasteiger partial charge >= 0.3 is 0 Å². The fourth-order valence-corrected chi connectivity index (χ4v) is 3.92. The summed E-state index contributed by atoms with van der Waals surface area (Å²) in [6.07, 6.45) is 14.7. The first-order valence-corrected chi connectivity index (χ1v) is 12.8. The zero-order valence-corrected chi connectivity index (χ0v) is 24.1. The largest absolute Gasteiger partial charge is 1.00 e. The SMILES string of the molecule is CCCCCCCCCCOc1ccc(CC(=O)NCc2cc[n+](C)cc2)cc1C(C)(C)C.[I-]. The molecule has 0 aliphatic heterocycles. The molecular formula is C29H45IN2O2. The summed E-state index contributed by atoms with van der Waals surface area (Å²) in [7, 11) is 1.98. The fraction of sp³-hybridized carbons (Fsp3) is 0.586. The molecule has 1 heterocycles. The van der Waals surface area contributed by atoms with Gasteiger partial charge in [0.15, 0.2) is 12.4 Å². The normalized spacial score (nSPS) is 11.1. The van der Waals surface area contributed by atoms with Gasteiger partial charge in [0.05, 0.1) is 13.0 Å². The Labute approximate surface area is 224 Å². The fourth-order valence-electron chi connectivity index (χ4n) is 3.92. The van der Waals surface area contributed by atoms with Crippen LogP contribution in [0, 0.1) is 0 Å². The third-order valence-electron chi connectivity index (χ3n) is 6.01. The molecule has 2 rings (SSSR count). The van der Waals surface area contributed by atoms with E-state index in [1.54, 1.807) is 0 Å². The van der Waals surface area contributed by atoms with Gasteiger partial charge in [-0.3, -0.25) is 4.79 Å². The molecule has 0 atom stereocenters. The molecule has 190 valence electrons. The number of hydrogen-bond donors (Lipinski definition) is 1. The molecule has 0 aliphatic carbocycles. The number of halogens is 1. The van der Waals surface area contributed by atoms with Crippen molar-refractivity contribution in [3.63, 3.8) is 0 Å². The number of hydrogen-bond acceptors (Lipinski definition) is 2. The Balaban J connectivity index is 0.00000578. The summed E-state index contributed by atoms with van der Waals surface area (Å²) >= 11 is 0. The molecule has 34 heavy (non-hydrogen) atoms. The zero-order chi connectivity index (χ0) is 24.1. The molecule has 0 saturated carbocycles. The van der Waals surface area contributed by atoms with E-state index in [2.05, 4.69) is 39.1 Å². The number of pyridine rings is 1. The zero-order valence-electron chi connectivity index (χ0n) is 22.0. The van der Waals surface area contributed by atoms with Crippen molar-refractivity contribution < 1.29 is 38.1 Å². The number of carbonyl (C=O) groups is 1. The van der Waals surface area contributed by atoms with Crippen LogP contribution < -0.4 is 38.6 Å². The van der Waals surface area contributed by atoms with Gasteiger partial charge in [-0.2, -0.15) is 0 Å². The first kappa shape index (κ1) is 30.4. The third-order valence-corrected chi connectivity index (χ3v) is 6.01. The number of aromatic nitrogens is 1. The minimum Gasteiger partial charge on any atom is -1.00 e. The van der Waals surface area contributed by atoms with E-state index in [9.17, 15) is 4.79 Å². The topological polar surface area (TPSA) is 42.2 Å². The van der Waals surface area contributed by atoms with Gasteiger partial charge in [-0.15, -0.1) is 0 Å². The average molecular weight is 581 g/mol. The van der Waals surface area contributed by atoms with Crippen LogP contribution in [0.4, 0.5) is 0 Å². The molecule has 0 unspecified atom stereocenters. The molecule has 4 nitrogen and oxygen atoms in total. The summed E-state index contributed by atoms with van der Waals surface area (Å²) in [5.41, 5.74) is 3.25. The number of aryl methyl sites for hydroxylation is 1. The van der Waals surface area contributed by atoms with Gasteiger partial charge in [-0.25, -0.2) is 4.57 Å². The van der Waals surface area contributed by atoms with E-state index in [1.165, 1.54) is 50.5 Å². The van der Waals surface area contributed by atoms with Crippen LogP contribution in [0.25, 0.3) is 0 Å². The molecule has 1 N–H and O–H groups in total. The number of amides is 1. The maximum Gasteiger partial charge on any atom is 0.224 e. The maximum absolute atomic E-state index is 12.5. The monoisotopic (exact) mass is 580 g/mol. The summed E-state index contributed by atoms with van der Waals surface area (Å²) in [5.74, 6) is 0.988. The second-order valence-electron chi connectivity index (χ2n) is 10.2. The van der Waals surface area contributed by atoms with Gasteiger partial charge in [0.1, 0.15) is 12.8 Å². The van der Waals surface area contributed by atoms with Crippen LogP contribution >= 0.6 is 0 Å². The number of unbranched alkanes of at least 4 members (excludes halogenated alkanes) is 7. The van der Waals surface area contributed by atoms with Crippen molar-refractivity contribution >= 4 is 5.91 Å². The molecule has 1 aromatic heterocycles. The standard InChI is InChI=1S/C29H44N2O2.HI/c1-6-7-8-9-10-11-12-13-20-33-27-15-14-25(21-26(27)29(2,3)4)22-28(32)30-23-24-16-18-31(5)19-17-24;/h14-19,21H,6-13,20,22-23H2,1-5H3;1H. The summed E-state index contributed by atoms with van der Waals surface area (Å²) < 4.78 is 8.16. The second kappa shape index (κ2) is 16.1. The van der Waals surface area contributed by atoms with E-state index in [0.717, 1.165) is 29.9 Å². The first-order chi connectivity index (χ1) is 15.8. The number of benzene rings is 1. The average Bonchev–Trinajstić information content (AvgIpc) is 2.77. The Morgan fingerprint density at radius 1 is 0.912 bits per heavy atom. The van der Waals surface area contributed by atoms with Crippen molar-refractivity contribution in [3.05, 3.63) is 59.4 Å². The van der Waals surface area contributed by atoms with E-state index in [1.807, 2.05) is 48.3 Å². The van der Waals surface area contributed by atoms with Crippen LogP contribution in [0.5, 0.6) is 5.75 Å². The molecule has 0 bridgehead atoms. The quantitative estimate of drug-likeness (QED) is 0.212. The van der Waals surface area contributed by atoms with Crippen LogP contribution in [0.15, 0.2) is 42.7 Å². The lowest BCUT2D eigenvalue weighted by atomic mass is 9.85. The minimum atomic E-state index is -0.0410. The molecule has 0 spiro atoms. The van der Waals surface area contributed by atoms with Crippen molar-refractivity contribution in [3.8, 4) is 5.75 Å². The number of carbonyl (C=O) groups excluding carboxylic acids is 1. The summed E-state index contributed by atoms with van der Waals surface area (Å²) in [6, 6.07) is 10.3. The molecule has 1 amide bonds. The highest BCUT2D eigenvalue weighted by Gasteiger charge is 2.20. The van der Waals surface area contributed by atoms with Gasteiger partial charge in [0, 0.05) is 18.7 Å². The first-order valence-electron chi connectivity index (χ1n) is 12.8. The number of nitrogens with zero attached hydrogens (tertiary/aromatic N) is 1. The smallest absolute Gasteiger partial charge is 0.224 e. The van der Waals surface area contributed by atoms with Crippen molar-refractivity contribution in [2.45, 2.75) is 97.4 Å². The lowest BCUT2D eigenvalue weighted by Gasteiger charge is -2.24. The van der Waals surface area contributed by atoms with E-state index < -0.39 is 0 Å². The molecule has 0 fully saturated rings. The van der Waals surface area contributed by atoms with Gasteiger partial charge in [0.2, 0.25) is 5.91 Å². The predicted octanol–water partition coefficient (Wildman–Crippen LogP) is 3.19. The molecule has 5 heteroatoms. The highest BCUT2D eigenvalue weighted by Crippen LogP contribution is 2.32. The van der Waals surface area contributed by atoms with Gasteiger partial charge in [0.25, 0.3) is 0 Å². The third kappa shape index (κ3) is 11.7. The van der Waals surface area contributed by atoms with Crippen molar-refractivity contribution in [1.82, 2.24) is 5.32 Å². The highest BCUT2D eigenvalue weighted by molar-refractivity contribution is 5.78. The maximum atomic E-state index is 12.5. The van der Waals surface area contributed by atoms with Crippen LogP contribution in [-0.2, 0) is 30.2 Å². The van der Waals surface area contributed by atoms with E-state index in [0.29, 0.717) is 13.0 Å². The lowest BCUT2D eigenvalue weighted by molar-refractivity contribution is -0.671. The lowest BCUT2D eigenvalue weighted by Crippen LogP contribution is -3.00. The summed E-state index contributed by atoms with van der Waals surface area (Å²) in [6.45, 7) is 10.2. The highest BCUT2D eigenvalue weighted by atomic mass is 127. The number of rotatable bonds is 14. The molecular weight excluding hydrogens is 535 g/mol. The molecule has 1 aromatic carbocycles. The Kier molecular flexibility index (Phi) is 14.4.